The van der Waals surface area contributed by atoms with E-state index in [2.05, 4.69) is 11.6 Å². The predicted octanol–water partition coefficient (Wildman–Crippen LogP) is 3.56. The lowest BCUT2D eigenvalue weighted by Gasteiger charge is -2.50. The van der Waals surface area contributed by atoms with Gasteiger partial charge in [0.15, 0.2) is 6.04 Å². The van der Waals surface area contributed by atoms with Crippen molar-refractivity contribution in [3.8, 4) is 0 Å². The van der Waals surface area contributed by atoms with Crippen molar-refractivity contribution in [3.05, 3.63) is 54.7 Å². The molecule has 5 rings (SSSR count). The van der Waals surface area contributed by atoms with Gasteiger partial charge in [-0.05, 0) is 28.1 Å². The largest absolute Gasteiger partial charge is 0.382 e. The first kappa shape index (κ1) is 14.8. The zero-order valence-corrected chi connectivity index (χ0v) is 13.1. The fourth-order valence-electron chi connectivity index (χ4n) is 4.51. The van der Waals surface area contributed by atoms with Gasteiger partial charge in [-0.2, -0.15) is 0 Å². The number of benzene rings is 1. The van der Waals surface area contributed by atoms with Gasteiger partial charge in [0.05, 0.1) is 5.52 Å². The highest BCUT2D eigenvalue weighted by Gasteiger charge is 2.56. The van der Waals surface area contributed by atoms with Crippen LogP contribution in [0.1, 0.15) is 24.5 Å². The number of hydrogen-bond acceptors (Lipinski definition) is 2. The van der Waals surface area contributed by atoms with Crippen molar-refractivity contribution >= 4 is 10.9 Å². The van der Waals surface area contributed by atoms with Crippen molar-refractivity contribution in [2.24, 2.45) is 11.8 Å². The highest BCUT2D eigenvalue weighted by atomic mass is 19.2. The van der Waals surface area contributed by atoms with Crippen LogP contribution in [0.15, 0.2) is 49.2 Å². The van der Waals surface area contributed by atoms with E-state index in [1.165, 1.54) is 0 Å². The second-order valence-electron chi connectivity index (χ2n) is 6.95. The molecule has 0 saturated carbocycles. The van der Waals surface area contributed by atoms with Crippen molar-refractivity contribution in [3.63, 3.8) is 0 Å². The predicted molar refractivity (Wildman–Crippen MR) is 88.0 cm³/mol. The first-order valence-corrected chi connectivity index (χ1v) is 8.33. The molecule has 0 radical (unpaired) electrons. The third kappa shape index (κ3) is 2.28. The number of para-hydroxylation sites is 1. The van der Waals surface area contributed by atoms with E-state index < -0.39 is 16.9 Å². The zero-order valence-electron chi connectivity index (χ0n) is 13.1. The normalized spacial score (nSPS) is 34.4. The Kier molecular flexibility index (Phi) is 3.47. The second kappa shape index (κ2) is 5.39. The summed E-state index contributed by atoms with van der Waals surface area (Å²) in [6, 6.07) is 9.17. The molecule has 0 aliphatic carbocycles. The number of rotatable bonds is 3. The van der Waals surface area contributed by atoms with Gasteiger partial charge >= 0.3 is 0 Å². The van der Waals surface area contributed by atoms with E-state index in [0.29, 0.717) is 25.4 Å². The first-order chi connectivity index (χ1) is 11.1. The molecule has 3 nitrogen and oxygen atoms in total. The molecular formula is C19H22FN2O+. The molecule has 3 fully saturated rings. The molecule has 0 spiro atoms. The minimum atomic E-state index is -0.804. The van der Waals surface area contributed by atoms with Gasteiger partial charge in [-0.25, -0.2) is 0 Å². The fourth-order valence-corrected chi connectivity index (χ4v) is 4.51. The van der Waals surface area contributed by atoms with Crippen molar-refractivity contribution < 1.29 is 14.3 Å². The summed E-state index contributed by atoms with van der Waals surface area (Å²) in [6.07, 6.45) is 4.38. The van der Waals surface area contributed by atoms with Gasteiger partial charge in [-0.3, -0.25) is 4.98 Å². The van der Waals surface area contributed by atoms with E-state index in [1.807, 2.05) is 36.4 Å². The van der Waals surface area contributed by atoms with Crippen LogP contribution in [0.25, 0.3) is 10.9 Å². The van der Waals surface area contributed by atoms with E-state index >= 15 is 4.48 Å². The molecule has 3 saturated heterocycles. The highest BCUT2D eigenvalue weighted by molar-refractivity contribution is 5.82. The minimum Gasteiger partial charge on any atom is -0.382 e. The molecule has 1 N–H and O–H groups in total. The Morgan fingerprint density at radius 2 is 2.17 bits per heavy atom. The lowest BCUT2D eigenvalue weighted by atomic mass is 9.73. The lowest BCUT2D eigenvalue weighted by molar-refractivity contribution is -1.09. The topological polar surface area (TPSA) is 33.1 Å². The van der Waals surface area contributed by atoms with Crippen LogP contribution in [0.2, 0.25) is 0 Å². The maximum absolute atomic E-state index is 15.5. The van der Waals surface area contributed by atoms with Gasteiger partial charge in [0, 0.05) is 30.3 Å². The third-order valence-electron chi connectivity index (χ3n) is 5.80. The molecule has 5 atom stereocenters. The molecule has 3 aliphatic heterocycles. The Morgan fingerprint density at radius 1 is 1.35 bits per heavy atom. The number of fused-ring (bicyclic) bond motifs is 4. The van der Waals surface area contributed by atoms with Gasteiger partial charge in [0.25, 0.3) is 0 Å². The van der Waals surface area contributed by atoms with Gasteiger partial charge in [0.2, 0.25) is 0 Å². The average Bonchev–Trinajstić information content (AvgIpc) is 2.60. The quantitative estimate of drug-likeness (QED) is 0.694. The van der Waals surface area contributed by atoms with Gasteiger partial charge in [0.1, 0.15) is 19.2 Å². The van der Waals surface area contributed by atoms with E-state index in [0.717, 1.165) is 22.9 Å². The highest BCUT2D eigenvalue weighted by Crippen LogP contribution is 2.47. The summed E-state index contributed by atoms with van der Waals surface area (Å²) in [7, 11) is 0. The summed E-state index contributed by atoms with van der Waals surface area (Å²) in [5.41, 5.74) is 1.63. The Labute approximate surface area is 135 Å². The molecule has 120 valence electrons. The van der Waals surface area contributed by atoms with Crippen molar-refractivity contribution in [1.82, 2.24) is 4.98 Å². The van der Waals surface area contributed by atoms with Crippen LogP contribution < -0.4 is 0 Å². The first-order valence-electron chi connectivity index (χ1n) is 8.33. The number of aromatic nitrogens is 1. The number of piperidine rings is 3. The van der Waals surface area contributed by atoms with Crippen LogP contribution in [-0.2, 0) is 0 Å². The number of pyridine rings is 1. The van der Waals surface area contributed by atoms with Crippen molar-refractivity contribution in [2.45, 2.75) is 25.0 Å². The Morgan fingerprint density at radius 3 is 2.96 bits per heavy atom. The van der Waals surface area contributed by atoms with Gasteiger partial charge in [-0.15, -0.1) is 11.3 Å². The summed E-state index contributed by atoms with van der Waals surface area (Å²) >= 11 is 0. The Balaban J connectivity index is 1.72. The van der Waals surface area contributed by atoms with E-state index in [9.17, 15) is 5.11 Å². The number of quaternary nitrogens is 1. The van der Waals surface area contributed by atoms with Crippen LogP contribution in [0, 0.1) is 11.8 Å². The van der Waals surface area contributed by atoms with E-state index in [-0.39, 0.29) is 5.92 Å². The smallest absolute Gasteiger partial charge is 0.155 e. The number of hydrogen-bond donors (Lipinski definition) is 1. The average molecular weight is 313 g/mol. The number of aliphatic hydroxyl groups excluding tert-OH is 1. The van der Waals surface area contributed by atoms with Gasteiger partial charge in [-0.1, -0.05) is 24.3 Å². The second-order valence-corrected chi connectivity index (χ2v) is 6.95. The van der Waals surface area contributed by atoms with Crippen LogP contribution >= 0.6 is 0 Å². The molecule has 1 unspecified atom stereocenters. The van der Waals surface area contributed by atoms with Crippen molar-refractivity contribution in [1.29, 1.82) is 0 Å². The zero-order chi connectivity index (χ0) is 16.0. The van der Waals surface area contributed by atoms with Crippen LogP contribution in [-0.4, -0.2) is 33.9 Å². The molecule has 2 bridgehead atoms. The van der Waals surface area contributed by atoms with E-state index in [1.54, 1.807) is 6.20 Å². The van der Waals surface area contributed by atoms with Crippen molar-refractivity contribution in [2.75, 3.05) is 13.1 Å². The summed E-state index contributed by atoms with van der Waals surface area (Å²) in [4.78, 5) is 4.34. The SMILES string of the molecule is C=C[C@H]1C[N+]2(F)CC[C@H]1C[C@@H]2[C@@H](O)c1ccnc2ccccc12. The van der Waals surface area contributed by atoms with Crippen LogP contribution in [0.4, 0.5) is 4.48 Å². The van der Waals surface area contributed by atoms with Crippen LogP contribution in [0.5, 0.6) is 0 Å². The summed E-state index contributed by atoms with van der Waals surface area (Å²) in [5.74, 6) is 0.669. The summed E-state index contributed by atoms with van der Waals surface area (Å²) in [5, 5.41) is 11.9. The maximum Gasteiger partial charge on any atom is 0.155 e. The molecule has 23 heavy (non-hydrogen) atoms. The summed E-state index contributed by atoms with van der Waals surface area (Å²) < 4.78 is 15.0. The fraction of sp³-hybridized carbons (Fsp3) is 0.421. The molecule has 1 aromatic heterocycles. The molecule has 3 aliphatic rings. The van der Waals surface area contributed by atoms with E-state index in [4.69, 9.17) is 0 Å². The molecule has 0 amide bonds. The number of nitrogens with zero attached hydrogens (tertiary/aromatic N) is 2. The minimum absolute atomic E-state index is 0.228. The van der Waals surface area contributed by atoms with Gasteiger partial charge < -0.3 is 5.11 Å². The Hall–Kier alpha value is -1.78. The molecule has 1 aromatic carbocycles. The third-order valence-corrected chi connectivity index (χ3v) is 5.80. The Bertz CT molecular complexity index is 744. The number of aliphatic hydroxyl groups is 1. The molecule has 4 heterocycles. The standard InChI is InChI=1S/C19H22FN2O/c1-2-13-12-22(20)10-8-14(13)11-18(22)19(23)16-7-9-21-17-6-4-3-5-15(16)17/h2-7,9,13-14,18-19,23H,1,8,10-12H2/q+1/t13-,14-,18+,19-,22?/m0/s1. The lowest BCUT2D eigenvalue weighted by Crippen LogP contribution is -2.63. The van der Waals surface area contributed by atoms with Crippen LogP contribution in [0.3, 0.4) is 0 Å². The summed E-state index contributed by atoms with van der Waals surface area (Å²) in [6.45, 7) is 4.80. The monoisotopic (exact) mass is 313 g/mol. The number of halogens is 1. The molecule has 4 heteroatoms. The molecule has 2 aromatic rings. The molecular weight excluding hydrogens is 291 g/mol. The maximum atomic E-state index is 15.5.